The Bertz CT molecular complexity index is 813. The molecule has 0 spiro atoms. The van der Waals surface area contributed by atoms with E-state index in [1.807, 2.05) is 20.0 Å². The highest BCUT2D eigenvalue weighted by Crippen LogP contribution is 2.11. The van der Waals surface area contributed by atoms with Crippen LogP contribution in [0.25, 0.3) is 0 Å². The Balaban J connectivity index is 1.97. The molecule has 1 aromatic heterocycles. The molecule has 2 aromatic rings. The van der Waals surface area contributed by atoms with Gasteiger partial charge in [-0.3, -0.25) is 9.48 Å². The summed E-state index contributed by atoms with van der Waals surface area (Å²) in [6.45, 7) is 4.76. The minimum absolute atomic E-state index is 0.152. The van der Waals surface area contributed by atoms with Gasteiger partial charge in [-0.05, 0) is 30.2 Å². The first-order chi connectivity index (χ1) is 11.8. The van der Waals surface area contributed by atoms with Gasteiger partial charge in [-0.2, -0.15) is 5.10 Å². The van der Waals surface area contributed by atoms with E-state index in [2.05, 4.69) is 15.1 Å². The molecular weight excluding hydrogens is 340 g/mol. The zero-order valence-electron chi connectivity index (χ0n) is 14.7. The molecule has 1 heterocycles. The molecule has 0 aliphatic carbocycles. The molecule has 2 rings (SSSR count). The van der Waals surface area contributed by atoms with Crippen LogP contribution in [0.15, 0.2) is 41.6 Å². The van der Waals surface area contributed by atoms with Crippen molar-refractivity contribution in [3.63, 3.8) is 0 Å². The number of hydrogen-bond acceptors (Lipinski definition) is 4. The lowest BCUT2D eigenvalue weighted by molar-refractivity contribution is 0.0951. The van der Waals surface area contributed by atoms with Crippen molar-refractivity contribution in [1.82, 2.24) is 19.8 Å². The highest BCUT2D eigenvalue weighted by atomic mass is 32.2. The van der Waals surface area contributed by atoms with Crippen LogP contribution in [0, 0.1) is 5.92 Å². The third kappa shape index (κ3) is 5.40. The summed E-state index contributed by atoms with van der Waals surface area (Å²) in [7, 11) is -1.75. The van der Waals surface area contributed by atoms with E-state index in [4.69, 9.17) is 0 Å². The third-order valence-corrected chi connectivity index (χ3v) is 5.40. The van der Waals surface area contributed by atoms with E-state index in [0.29, 0.717) is 18.7 Å². The molecule has 1 aromatic carbocycles. The average molecular weight is 364 g/mol. The minimum atomic E-state index is -3.55. The zero-order valence-corrected chi connectivity index (χ0v) is 15.5. The van der Waals surface area contributed by atoms with Crippen molar-refractivity contribution in [1.29, 1.82) is 0 Å². The Kier molecular flexibility index (Phi) is 6.33. The first-order valence-electron chi connectivity index (χ1n) is 8.17. The quantitative estimate of drug-likeness (QED) is 0.745. The van der Waals surface area contributed by atoms with Gasteiger partial charge in [0, 0.05) is 37.5 Å². The molecule has 0 fully saturated rings. The van der Waals surface area contributed by atoms with Crippen LogP contribution in [0.5, 0.6) is 0 Å². The topological polar surface area (TPSA) is 93.1 Å². The second-order valence-electron chi connectivity index (χ2n) is 6.09. The molecule has 7 nitrogen and oxygen atoms in total. The second kappa shape index (κ2) is 8.26. The lowest BCUT2D eigenvalue weighted by Crippen LogP contribution is -2.28. The van der Waals surface area contributed by atoms with Crippen LogP contribution in [0.3, 0.4) is 0 Å². The summed E-state index contributed by atoms with van der Waals surface area (Å²) in [5.74, 6) is 0.00710. The molecule has 8 heteroatoms. The summed E-state index contributed by atoms with van der Waals surface area (Å²) in [5, 5.41) is 6.81. The van der Waals surface area contributed by atoms with Gasteiger partial charge in [0.2, 0.25) is 10.0 Å². The molecule has 0 unspecified atom stereocenters. The van der Waals surface area contributed by atoms with Gasteiger partial charge < -0.3 is 5.32 Å². The molecule has 1 atom stereocenters. The maximum Gasteiger partial charge on any atom is 0.251 e. The highest BCUT2D eigenvalue weighted by molar-refractivity contribution is 7.89. The second-order valence-corrected chi connectivity index (χ2v) is 7.86. The van der Waals surface area contributed by atoms with Gasteiger partial charge in [0.05, 0.1) is 11.1 Å². The summed E-state index contributed by atoms with van der Waals surface area (Å²) >= 11 is 0. The molecule has 0 saturated carbocycles. The van der Waals surface area contributed by atoms with Gasteiger partial charge >= 0.3 is 0 Å². The standard InChI is InChI=1S/C17H24N4O3S/c1-4-13(2)9-20-25(23,24)16-7-5-15(6-8-16)17(22)18-10-14-11-19-21(3)12-14/h5-8,11-13,20H,4,9-10H2,1-3H3,(H,18,22)/t13-/m1/s1. The molecule has 0 aliphatic rings. The van der Waals surface area contributed by atoms with E-state index < -0.39 is 10.0 Å². The van der Waals surface area contributed by atoms with Crippen molar-refractivity contribution in [2.45, 2.75) is 31.7 Å². The van der Waals surface area contributed by atoms with Crippen molar-refractivity contribution in [2.24, 2.45) is 13.0 Å². The summed E-state index contributed by atoms with van der Waals surface area (Å²) in [5.41, 5.74) is 1.30. The average Bonchev–Trinajstić information content (AvgIpc) is 3.03. The molecular formula is C17H24N4O3S. The number of hydrogen-bond donors (Lipinski definition) is 2. The van der Waals surface area contributed by atoms with E-state index in [-0.39, 0.29) is 16.7 Å². The van der Waals surface area contributed by atoms with Crippen LogP contribution in [-0.4, -0.2) is 30.7 Å². The van der Waals surface area contributed by atoms with Crippen molar-refractivity contribution in [3.8, 4) is 0 Å². The number of rotatable bonds is 8. The Morgan fingerprint density at radius 3 is 2.52 bits per heavy atom. The summed E-state index contributed by atoms with van der Waals surface area (Å²) in [6.07, 6.45) is 4.40. The van der Waals surface area contributed by atoms with E-state index >= 15 is 0 Å². The maximum atomic E-state index is 12.2. The SMILES string of the molecule is CC[C@@H](C)CNS(=O)(=O)c1ccc(C(=O)NCc2cnn(C)c2)cc1. The molecule has 136 valence electrons. The van der Waals surface area contributed by atoms with Crippen LogP contribution in [0.2, 0.25) is 0 Å². The molecule has 0 bridgehead atoms. The predicted molar refractivity (Wildman–Crippen MR) is 95.5 cm³/mol. The zero-order chi connectivity index (χ0) is 18.4. The Morgan fingerprint density at radius 2 is 1.96 bits per heavy atom. The van der Waals surface area contributed by atoms with Crippen molar-refractivity contribution >= 4 is 15.9 Å². The fraction of sp³-hybridized carbons (Fsp3) is 0.412. The first-order valence-corrected chi connectivity index (χ1v) is 9.65. The number of nitrogens with one attached hydrogen (secondary N) is 2. The van der Waals surface area contributed by atoms with Gasteiger partial charge in [0.25, 0.3) is 5.91 Å². The smallest absolute Gasteiger partial charge is 0.251 e. The van der Waals surface area contributed by atoms with E-state index in [9.17, 15) is 13.2 Å². The molecule has 1 amide bonds. The number of amides is 1. The van der Waals surface area contributed by atoms with Crippen LogP contribution < -0.4 is 10.0 Å². The number of carbonyl (C=O) groups is 1. The van der Waals surface area contributed by atoms with E-state index in [1.54, 1.807) is 17.9 Å². The van der Waals surface area contributed by atoms with Gasteiger partial charge in [0.1, 0.15) is 0 Å². The maximum absolute atomic E-state index is 12.2. The van der Waals surface area contributed by atoms with Gasteiger partial charge in [0.15, 0.2) is 0 Å². The lowest BCUT2D eigenvalue weighted by Gasteiger charge is -2.11. The summed E-state index contributed by atoms with van der Waals surface area (Å²) < 4.78 is 28.7. The number of sulfonamides is 1. The Hall–Kier alpha value is -2.19. The number of aryl methyl sites for hydroxylation is 1. The molecule has 0 aliphatic heterocycles. The fourth-order valence-corrected chi connectivity index (χ4v) is 3.28. The van der Waals surface area contributed by atoms with Crippen molar-refractivity contribution < 1.29 is 13.2 Å². The highest BCUT2D eigenvalue weighted by Gasteiger charge is 2.15. The normalized spacial score (nSPS) is 12.8. The van der Waals surface area contributed by atoms with Gasteiger partial charge in [-0.1, -0.05) is 20.3 Å². The van der Waals surface area contributed by atoms with Crippen LogP contribution in [0.4, 0.5) is 0 Å². The van der Waals surface area contributed by atoms with Crippen molar-refractivity contribution in [2.75, 3.05) is 6.54 Å². The van der Waals surface area contributed by atoms with E-state index in [1.165, 1.54) is 24.3 Å². The monoisotopic (exact) mass is 364 g/mol. The number of carbonyl (C=O) groups excluding carboxylic acids is 1. The lowest BCUT2D eigenvalue weighted by atomic mass is 10.1. The van der Waals surface area contributed by atoms with Crippen LogP contribution in [-0.2, 0) is 23.6 Å². The molecule has 0 radical (unpaired) electrons. The predicted octanol–water partition coefficient (Wildman–Crippen LogP) is 1.67. The summed E-state index contributed by atoms with van der Waals surface area (Å²) in [6, 6.07) is 5.91. The van der Waals surface area contributed by atoms with Gasteiger partial charge in [-0.15, -0.1) is 0 Å². The number of aromatic nitrogens is 2. The van der Waals surface area contributed by atoms with Crippen LogP contribution in [0.1, 0.15) is 36.2 Å². The first kappa shape index (κ1) is 19.1. The molecule has 2 N–H and O–H groups in total. The summed E-state index contributed by atoms with van der Waals surface area (Å²) in [4.78, 5) is 12.3. The minimum Gasteiger partial charge on any atom is -0.348 e. The molecule has 0 saturated heterocycles. The Morgan fingerprint density at radius 1 is 1.28 bits per heavy atom. The van der Waals surface area contributed by atoms with Gasteiger partial charge in [-0.25, -0.2) is 13.1 Å². The Labute approximate surface area is 148 Å². The fourth-order valence-electron chi connectivity index (χ4n) is 2.11. The third-order valence-electron chi connectivity index (χ3n) is 3.96. The van der Waals surface area contributed by atoms with Crippen molar-refractivity contribution in [3.05, 3.63) is 47.8 Å². The number of benzene rings is 1. The van der Waals surface area contributed by atoms with Crippen LogP contribution >= 0.6 is 0 Å². The largest absolute Gasteiger partial charge is 0.348 e. The number of nitrogens with zero attached hydrogens (tertiary/aromatic N) is 2. The van der Waals surface area contributed by atoms with E-state index in [0.717, 1.165) is 12.0 Å². The molecule has 25 heavy (non-hydrogen) atoms.